The van der Waals surface area contributed by atoms with Gasteiger partial charge < -0.3 is 20.1 Å². The minimum Gasteiger partial charge on any atom is -0.462 e. The van der Waals surface area contributed by atoms with E-state index < -0.39 is 17.7 Å². The van der Waals surface area contributed by atoms with Gasteiger partial charge in [-0.25, -0.2) is 14.6 Å². The van der Waals surface area contributed by atoms with Crippen LogP contribution in [0.2, 0.25) is 0 Å². The van der Waals surface area contributed by atoms with E-state index in [2.05, 4.69) is 20.7 Å². The summed E-state index contributed by atoms with van der Waals surface area (Å²) in [4.78, 5) is 28.4. The second-order valence-corrected chi connectivity index (χ2v) is 7.03. The fourth-order valence-electron chi connectivity index (χ4n) is 2.63. The van der Waals surface area contributed by atoms with Crippen LogP contribution in [0.5, 0.6) is 0 Å². The molecule has 2 heterocycles. The Kier molecular flexibility index (Phi) is 6.24. The third-order valence-electron chi connectivity index (χ3n) is 3.62. The molecule has 2 aromatic heterocycles. The molecule has 1 amide bonds. The predicted octanol–water partition coefficient (Wildman–Crippen LogP) is 2.39. The molecule has 2 rings (SSSR count). The second-order valence-electron chi connectivity index (χ2n) is 7.03. The van der Waals surface area contributed by atoms with Gasteiger partial charge in [-0.15, -0.1) is 0 Å². The molecule has 0 aliphatic heterocycles. The van der Waals surface area contributed by atoms with E-state index in [1.54, 1.807) is 39.4 Å². The first-order valence-corrected chi connectivity index (χ1v) is 8.84. The molecule has 0 bridgehead atoms. The molecule has 0 aliphatic carbocycles. The molecule has 148 valence electrons. The topological polar surface area (TPSA) is 107 Å². The molecule has 2 N–H and O–H groups in total. The van der Waals surface area contributed by atoms with E-state index in [0.717, 1.165) is 11.1 Å². The molecular formula is C18H27N5O4. The molecular weight excluding hydrogens is 350 g/mol. The Hall–Kier alpha value is -2.84. The second kappa shape index (κ2) is 8.24. The zero-order valence-corrected chi connectivity index (χ0v) is 16.7. The highest BCUT2D eigenvalue weighted by Crippen LogP contribution is 2.28. The number of aromatic nitrogens is 3. The lowest BCUT2D eigenvalue weighted by atomic mass is 10.1. The molecule has 0 atom stereocenters. The lowest BCUT2D eigenvalue weighted by Crippen LogP contribution is -2.35. The highest BCUT2D eigenvalue weighted by Gasteiger charge is 2.21. The van der Waals surface area contributed by atoms with Crippen molar-refractivity contribution in [2.24, 2.45) is 7.05 Å². The van der Waals surface area contributed by atoms with Crippen LogP contribution in [-0.4, -0.2) is 52.1 Å². The Bertz CT molecular complexity index is 838. The van der Waals surface area contributed by atoms with Gasteiger partial charge in [-0.1, -0.05) is 0 Å². The molecule has 0 radical (unpaired) electrons. The molecule has 0 unspecified atom stereocenters. The number of carbonyl (C=O) groups excluding carboxylic acids is 2. The standard InChI is InChI=1S/C18H27N5O4/c1-7-26-16(24)12-10-21-15-13(11(2)22-23(15)6)14(12)19-8-9-20-17(25)27-18(3,4)5/h10H,7-9H2,1-6H3,(H,19,21)(H,20,25). The van der Waals surface area contributed by atoms with Crippen LogP contribution in [0.1, 0.15) is 43.7 Å². The summed E-state index contributed by atoms with van der Waals surface area (Å²) >= 11 is 0. The lowest BCUT2D eigenvalue weighted by Gasteiger charge is -2.20. The number of nitrogens with zero attached hydrogens (tertiary/aromatic N) is 3. The molecule has 0 aromatic carbocycles. The van der Waals surface area contributed by atoms with Crippen molar-refractivity contribution < 1.29 is 19.1 Å². The van der Waals surface area contributed by atoms with Gasteiger partial charge in [0.1, 0.15) is 11.2 Å². The fraction of sp³-hybridized carbons (Fsp3) is 0.556. The van der Waals surface area contributed by atoms with Crippen LogP contribution in [0.15, 0.2) is 6.20 Å². The Morgan fingerprint density at radius 2 is 1.96 bits per heavy atom. The maximum atomic E-state index is 12.3. The molecule has 0 aliphatic rings. The van der Waals surface area contributed by atoms with Crippen LogP contribution in [0.25, 0.3) is 11.0 Å². The third kappa shape index (κ3) is 5.08. The number of fused-ring (bicyclic) bond motifs is 1. The number of aryl methyl sites for hydroxylation is 2. The number of pyridine rings is 1. The van der Waals surface area contributed by atoms with Crippen molar-refractivity contribution in [2.45, 2.75) is 40.2 Å². The monoisotopic (exact) mass is 377 g/mol. The number of esters is 1. The summed E-state index contributed by atoms with van der Waals surface area (Å²) in [6.45, 7) is 9.97. The number of nitrogens with one attached hydrogen (secondary N) is 2. The molecule has 0 spiro atoms. The van der Waals surface area contributed by atoms with Crippen molar-refractivity contribution in [2.75, 3.05) is 25.0 Å². The van der Waals surface area contributed by atoms with Crippen molar-refractivity contribution in [3.05, 3.63) is 17.5 Å². The quantitative estimate of drug-likeness (QED) is 0.588. The summed E-state index contributed by atoms with van der Waals surface area (Å²) < 4.78 is 12.0. The number of ether oxygens (including phenoxy) is 2. The summed E-state index contributed by atoms with van der Waals surface area (Å²) in [6.07, 6.45) is 0.984. The summed E-state index contributed by atoms with van der Waals surface area (Å²) in [7, 11) is 1.79. The number of carbonyl (C=O) groups is 2. The molecule has 0 saturated carbocycles. The average Bonchev–Trinajstić information content (AvgIpc) is 2.84. The molecule has 0 saturated heterocycles. The predicted molar refractivity (Wildman–Crippen MR) is 102 cm³/mol. The molecule has 0 fully saturated rings. The number of amides is 1. The molecule has 2 aromatic rings. The van der Waals surface area contributed by atoms with E-state index in [1.807, 2.05) is 6.92 Å². The largest absolute Gasteiger partial charge is 0.462 e. The van der Waals surface area contributed by atoms with E-state index in [4.69, 9.17) is 9.47 Å². The van der Waals surface area contributed by atoms with Crippen LogP contribution in [0, 0.1) is 6.92 Å². The summed E-state index contributed by atoms with van der Waals surface area (Å²) in [5, 5.41) is 11.0. The fourth-order valence-corrected chi connectivity index (χ4v) is 2.63. The number of hydrogen-bond donors (Lipinski definition) is 2. The van der Waals surface area contributed by atoms with Gasteiger partial charge in [-0.3, -0.25) is 4.68 Å². The first-order valence-electron chi connectivity index (χ1n) is 8.84. The normalized spacial score (nSPS) is 11.3. The SMILES string of the molecule is CCOC(=O)c1cnc2c(c(C)nn2C)c1NCCNC(=O)OC(C)(C)C. The number of rotatable bonds is 6. The van der Waals surface area contributed by atoms with Crippen LogP contribution in [-0.2, 0) is 16.5 Å². The maximum Gasteiger partial charge on any atom is 0.407 e. The zero-order valence-electron chi connectivity index (χ0n) is 16.7. The van der Waals surface area contributed by atoms with Gasteiger partial charge in [0.05, 0.1) is 23.4 Å². The van der Waals surface area contributed by atoms with Crippen LogP contribution in [0.4, 0.5) is 10.5 Å². The summed E-state index contributed by atoms with van der Waals surface area (Å²) in [5.74, 6) is -0.460. The van der Waals surface area contributed by atoms with E-state index in [9.17, 15) is 9.59 Å². The van der Waals surface area contributed by atoms with Crippen LogP contribution >= 0.6 is 0 Å². The van der Waals surface area contributed by atoms with Gasteiger partial charge in [-0.2, -0.15) is 5.10 Å². The molecule has 9 heteroatoms. The van der Waals surface area contributed by atoms with Crippen molar-refractivity contribution in [3.63, 3.8) is 0 Å². The minimum atomic E-state index is -0.557. The smallest absolute Gasteiger partial charge is 0.407 e. The van der Waals surface area contributed by atoms with E-state index in [0.29, 0.717) is 30.0 Å². The van der Waals surface area contributed by atoms with Crippen molar-refractivity contribution in [3.8, 4) is 0 Å². The number of alkyl carbamates (subject to hydrolysis) is 1. The average molecular weight is 377 g/mol. The Morgan fingerprint density at radius 1 is 1.26 bits per heavy atom. The Balaban J connectivity index is 2.18. The van der Waals surface area contributed by atoms with E-state index in [1.165, 1.54) is 6.20 Å². The number of hydrogen-bond acceptors (Lipinski definition) is 7. The number of anilines is 1. The third-order valence-corrected chi connectivity index (χ3v) is 3.62. The van der Waals surface area contributed by atoms with E-state index >= 15 is 0 Å². The Labute approximate surface area is 158 Å². The van der Waals surface area contributed by atoms with Gasteiger partial charge in [0.15, 0.2) is 5.65 Å². The van der Waals surface area contributed by atoms with Crippen LogP contribution in [0.3, 0.4) is 0 Å². The first kappa shape index (κ1) is 20.5. The van der Waals surface area contributed by atoms with E-state index in [-0.39, 0.29) is 6.61 Å². The van der Waals surface area contributed by atoms with Gasteiger partial charge >= 0.3 is 12.1 Å². The maximum absolute atomic E-state index is 12.3. The Morgan fingerprint density at radius 3 is 2.59 bits per heavy atom. The van der Waals surface area contributed by atoms with Gasteiger partial charge in [-0.05, 0) is 34.6 Å². The highest BCUT2D eigenvalue weighted by atomic mass is 16.6. The van der Waals surface area contributed by atoms with Crippen molar-refractivity contribution in [1.29, 1.82) is 0 Å². The van der Waals surface area contributed by atoms with Crippen LogP contribution < -0.4 is 10.6 Å². The highest BCUT2D eigenvalue weighted by molar-refractivity contribution is 6.05. The zero-order chi connectivity index (χ0) is 20.2. The van der Waals surface area contributed by atoms with Crippen molar-refractivity contribution in [1.82, 2.24) is 20.1 Å². The van der Waals surface area contributed by atoms with Crippen molar-refractivity contribution >= 4 is 28.8 Å². The molecule has 9 nitrogen and oxygen atoms in total. The van der Waals surface area contributed by atoms with Gasteiger partial charge in [0.25, 0.3) is 0 Å². The summed E-state index contributed by atoms with van der Waals surface area (Å²) in [6, 6.07) is 0. The lowest BCUT2D eigenvalue weighted by molar-refractivity contribution is 0.0516. The summed E-state index contributed by atoms with van der Waals surface area (Å²) in [5.41, 5.74) is 1.77. The first-order chi connectivity index (χ1) is 12.6. The van der Waals surface area contributed by atoms with Gasteiger partial charge in [0, 0.05) is 26.3 Å². The van der Waals surface area contributed by atoms with Gasteiger partial charge in [0.2, 0.25) is 0 Å². The molecule has 27 heavy (non-hydrogen) atoms. The minimum absolute atomic E-state index is 0.266.